The van der Waals surface area contributed by atoms with Gasteiger partial charge in [0.2, 0.25) is 5.91 Å². The molecule has 0 spiro atoms. The molecule has 3 atom stereocenters. The van der Waals surface area contributed by atoms with Crippen LogP contribution >= 0.6 is 0 Å². The molecule has 1 unspecified atom stereocenters. The van der Waals surface area contributed by atoms with E-state index in [-0.39, 0.29) is 35.2 Å². The Morgan fingerprint density at radius 1 is 1.15 bits per heavy atom. The number of esters is 1. The molecule has 1 aromatic carbocycles. The van der Waals surface area contributed by atoms with Crippen LogP contribution < -0.4 is 10.6 Å². The summed E-state index contributed by atoms with van der Waals surface area (Å²) in [6, 6.07) is 8.18. The van der Waals surface area contributed by atoms with E-state index in [0.717, 1.165) is 30.6 Å². The van der Waals surface area contributed by atoms with Crippen LogP contribution in [-0.2, 0) is 14.3 Å². The Hall–Kier alpha value is -1.88. The fourth-order valence-electron chi connectivity index (χ4n) is 4.13. The predicted octanol–water partition coefficient (Wildman–Crippen LogP) is 2.71. The number of carbonyl (C=O) groups is 2. The molecule has 0 bridgehead atoms. The Morgan fingerprint density at radius 3 is 2.31 bits per heavy atom. The summed E-state index contributed by atoms with van der Waals surface area (Å²) in [6.07, 6.45) is 0.844. The highest BCUT2D eigenvalue weighted by Crippen LogP contribution is 2.40. The molecule has 2 aliphatic heterocycles. The summed E-state index contributed by atoms with van der Waals surface area (Å²) in [5.41, 5.74) is 1.33. The van der Waals surface area contributed by atoms with E-state index < -0.39 is 5.60 Å². The molecule has 26 heavy (non-hydrogen) atoms. The van der Waals surface area contributed by atoms with Crippen molar-refractivity contribution in [1.29, 1.82) is 0 Å². The molecule has 0 aromatic heterocycles. The minimum atomic E-state index is -0.500. The van der Waals surface area contributed by atoms with Crippen molar-refractivity contribution in [1.82, 2.24) is 10.6 Å². The minimum absolute atomic E-state index is 0.0520. The minimum Gasteiger partial charge on any atom is -0.460 e. The number of ether oxygens (including phenoxy) is 1. The third-order valence-corrected chi connectivity index (χ3v) is 5.43. The second kappa shape index (κ2) is 6.69. The molecule has 5 heteroatoms. The van der Waals surface area contributed by atoms with Gasteiger partial charge in [-0.1, -0.05) is 24.3 Å². The van der Waals surface area contributed by atoms with Crippen LogP contribution in [0, 0.1) is 5.92 Å². The Kier molecular flexibility index (Phi) is 4.86. The van der Waals surface area contributed by atoms with Gasteiger partial charge < -0.3 is 15.4 Å². The normalized spacial score (nSPS) is 28.0. The van der Waals surface area contributed by atoms with Gasteiger partial charge in [0.05, 0.1) is 11.8 Å². The van der Waals surface area contributed by atoms with Gasteiger partial charge in [-0.05, 0) is 52.2 Å². The summed E-state index contributed by atoms with van der Waals surface area (Å²) in [4.78, 5) is 24.8. The fraction of sp³-hybridized carbons (Fsp3) is 0.619. The maximum Gasteiger partial charge on any atom is 0.311 e. The SMILES string of the molecule is CC(C)(C)OC(=O)C1[C@H](c2ccc([C@H]3CCNC3=O)cc2)CNC1(C)C. The summed E-state index contributed by atoms with van der Waals surface area (Å²) < 4.78 is 5.70. The van der Waals surface area contributed by atoms with E-state index in [1.165, 1.54) is 0 Å². The van der Waals surface area contributed by atoms with Crippen LogP contribution in [0.2, 0.25) is 0 Å². The van der Waals surface area contributed by atoms with Crippen molar-refractivity contribution in [3.8, 4) is 0 Å². The lowest BCUT2D eigenvalue weighted by Gasteiger charge is -2.31. The molecular formula is C21H30N2O3. The maximum atomic E-state index is 12.9. The first-order valence-electron chi connectivity index (χ1n) is 9.44. The standard InChI is InChI=1S/C21H30N2O3/c1-20(2,3)26-19(25)17-16(12-23-21(17,4)5)14-8-6-13(7-9-14)15-10-11-22-18(15)24/h6-9,15-17,23H,10-12H2,1-5H3,(H,22,24)/t15-,16+,17?/m1/s1. The number of hydrogen-bond donors (Lipinski definition) is 2. The van der Waals surface area contributed by atoms with Gasteiger partial charge in [-0.2, -0.15) is 0 Å². The monoisotopic (exact) mass is 358 g/mol. The molecule has 3 rings (SSSR count). The molecule has 0 radical (unpaired) electrons. The second-order valence-electron chi connectivity index (χ2n) is 9.02. The van der Waals surface area contributed by atoms with Gasteiger partial charge >= 0.3 is 5.97 Å². The van der Waals surface area contributed by atoms with Crippen molar-refractivity contribution in [2.45, 2.75) is 64.0 Å². The fourth-order valence-corrected chi connectivity index (χ4v) is 4.13. The zero-order valence-corrected chi connectivity index (χ0v) is 16.4. The third kappa shape index (κ3) is 3.78. The zero-order valence-electron chi connectivity index (χ0n) is 16.4. The molecule has 2 saturated heterocycles. The first kappa shape index (κ1) is 18.9. The Morgan fingerprint density at radius 2 is 1.77 bits per heavy atom. The molecule has 1 amide bonds. The predicted molar refractivity (Wildman–Crippen MR) is 101 cm³/mol. The maximum absolute atomic E-state index is 12.9. The zero-order chi connectivity index (χ0) is 19.1. The van der Waals surface area contributed by atoms with E-state index in [1.54, 1.807) is 0 Å². The molecule has 5 nitrogen and oxygen atoms in total. The first-order chi connectivity index (χ1) is 12.1. The Labute approximate surface area is 155 Å². The molecule has 142 valence electrons. The van der Waals surface area contributed by atoms with Crippen molar-refractivity contribution in [2.24, 2.45) is 5.92 Å². The summed E-state index contributed by atoms with van der Waals surface area (Å²) in [7, 11) is 0. The smallest absolute Gasteiger partial charge is 0.311 e. The van der Waals surface area contributed by atoms with Gasteiger partial charge in [0.25, 0.3) is 0 Å². The highest BCUT2D eigenvalue weighted by Gasteiger charge is 2.48. The van der Waals surface area contributed by atoms with E-state index in [1.807, 2.05) is 32.9 Å². The number of hydrogen-bond acceptors (Lipinski definition) is 4. The van der Waals surface area contributed by atoms with Crippen molar-refractivity contribution in [3.63, 3.8) is 0 Å². The molecule has 2 fully saturated rings. The van der Waals surface area contributed by atoms with Gasteiger partial charge in [0.15, 0.2) is 0 Å². The van der Waals surface area contributed by atoms with Crippen LogP contribution in [0.1, 0.15) is 64.0 Å². The molecule has 0 saturated carbocycles. The van der Waals surface area contributed by atoms with Gasteiger partial charge in [0.1, 0.15) is 5.60 Å². The molecule has 2 aliphatic rings. The van der Waals surface area contributed by atoms with Gasteiger partial charge in [-0.3, -0.25) is 9.59 Å². The molecule has 0 aliphatic carbocycles. The van der Waals surface area contributed by atoms with Crippen LogP contribution in [-0.4, -0.2) is 36.1 Å². The Bertz CT molecular complexity index is 688. The number of nitrogens with one attached hydrogen (secondary N) is 2. The van der Waals surface area contributed by atoms with E-state index in [2.05, 4.69) is 36.6 Å². The van der Waals surface area contributed by atoms with Crippen LogP contribution in [0.25, 0.3) is 0 Å². The first-order valence-corrected chi connectivity index (χ1v) is 9.44. The van der Waals surface area contributed by atoms with Crippen molar-refractivity contribution in [3.05, 3.63) is 35.4 Å². The van der Waals surface area contributed by atoms with Crippen molar-refractivity contribution in [2.75, 3.05) is 13.1 Å². The number of carbonyl (C=O) groups excluding carboxylic acids is 2. The topological polar surface area (TPSA) is 67.4 Å². The average Bonchev–Trinajstić information content (AvgIpc) is 3.08. The van der Waals surface area contributed by atoms with Crippen molar-refractivity contribution < 1.29 is 14.3 Å². The lowest BCUT2D eigenvalue weighted by Crippen LogP contribution is -2.44. The summed E-state index contributed by atoms with van der Waals surface area (Å²) >= 11 is 0. The van der Waals surface area contributed by atoms with Crippen LogP contribution in [0.5, 0.6) is 0 Å². The van der Waals surface area contributed by atoms with E-state index in [9.17, 15) is 9.59 Å². The summed E-state index contributed by atoms with van der Waals surface area (Å²) in [6.45, 7) is 11.3. The van der Waals surface area contributed by atoms with Crippen LogP contribution in [0.4, 0.5) is 0 Å². The average molecular weight is 358 g/mol. The lowest BCUT2D eigenvalue weighted by molar-refractivity contribution is -0.162. The molecule has 1 aromatic rings. The van der Waals surface area contributed by atoms with Gasteiger partial charge in [0, 0.05) is 24.5 Å². The quantitative estimate of drug-likeness (QED) is 0.816. The van der Waals surface area contributed by atoms with Crippen molar-refractivity contribution >= 4 is 11.9 Å². The highest BCUT2D eigenvalue weighted by atomic mass is 16.6. The highest BCUT2D eigenvalue weighted by molar-refractivity contribution is 5.85. The number of amides is 1. The third-order valence-electron chi connectivity index (χ3n) is 5.43. The van der Waals surface area contributed by atoms with Gasteiger partial charge in [-0.15, -0.1) is 0 Å². The summed E-state index contributed by atoms with van der Waals surface area (Å²) in [5.74, 6) is -0.290. The number of benzene rings is 1. The second-order valence-corrected chi connectivity index (χ2v) is 9.02. The lowest BCUT2D eigenvalue weighted by atomic mass is 9.79. The Balaban J connectivity index is 1.82. The van der Waals surface area contributed by atoms with Gasteiger partial charge in [-0.25, -0.2) is 0 Å². The summed E-state index contributed by atoms with van der Waals surface area (Å²) in [5, 5.41) is 6.36. The molecular weight excluding hydrogens is 328 g/mol. The van der Waals surface area contributed by atoms with Crippen LogP contribution in [0.3, 0.4) is 0 Å². The molecule has 2 heterocycles. The van der Waals surface area contributed by atoms with Crippen LogP contribution in [0.15, 0.2) is 24.3 Å². The largest absolute Gasteiger partial charge is 0.460 e. The van der Waals surface area contributed by atoms with E-state index in [4.69, 9.17) is 4.74 Å². The van der Waals surface area contributed by atoms with E-state index >= 15 is 0 Å². The number of rotatable bonds is 3. The van der Waals surface area contributed by atoms with E-state index in [0.29, 0.717) is 0 Å². The molecule has 2 N–H and O–H groups in total.